The zero-order valence-corrected chi connectivity index (χ0v) is 17.6. The van der Waals surface area contributed by atoms with E-state index in [9.17, 15) is 19.2 Å². The number of thiophene rings is 1. The maximum Gasteiger partial charge on any atom is 0.349 e. The third-order valence-corrected chi connectivity index (χ3v) is 6.03. The molecule has 0 atom stereocenters. The molecule has 0 bridgehead atoms. The lowest BCUT2D eigenvalue weighted by atomic mass is 10.2. The third kappa shape index (κ3) is 4.16. The van der Waals surface area contributed by atoms with Crippen LogP contribution in [0.25, 0.3) is 10.2 Å². The van der Waals surface area contributed by atoms with Gasteiger partial charge in [-0.1, -0.05) is 0 Å². The zero-order valence-electron chi connectivity index (χ0n) is 16.7. The summed E-state index contributed by atoms with van der Waals surface area (Å²) < 4.78 is 6.83. The van der Waals surface area contributed by atoms with Crippen molar-refractivity contribution in [1.82, 2.24) is 19.8 Å². The van der Waals surface area contributed by atoms with Gasteiger partial charge in [0.25, 0.3) is 11.5 Å². The lowest BCUT2D eigenvalue weighted by Gasteiger charge is -2.19. The molecular formula is C19H24N4O5S. The molecule has 1 N–H and O–H groups in total. The summed E-state index contributed by atoms with van der Waals surface area (Å²) >= 11 is 1.11. The van der Waals surface area contributed by atoms with Crippen LogP contribution in [0, 0.1) is 6.92 Å². The summed E-state index contributed by atoms with van der Waals surface area (Å²) in [4.78, 5) is 55.9. The molecule has 3 rings (SSSR count). The van der Waals surface area contributed by atoms with Crippen LogP contribution in [0.4, 0.5) is 0 Å². The number of nitrogens with zero attached hydrogens (tertiary/aromatic N) is 3. The van der Waals surface area contributed by atoms with E-state index in [2.05, 4.69) is 10.3 Å². The smallest absolute Gasteiger partial charge is 0.349 e. The summed E-state index contributed by atoms with van der Waals surface area (Å²) in [7, 11) is 0. The van der Waals surface area contributed by atoms with Crippen molar-refractivity contribution < 1.29 is 19.1 Å². The Kier molecular flexibility index (Phi) is 6.31. The fraction of sp³-hybridized carbons (Fsp3) is 0.526. The predicted molar refractivity (Wildman–Crippen MR) is 108 cm³/mol. The van der Waals surface area contributed by atoms with Crippen LogP contribution in [0.15, 0.2) is 4.79 Å². The van der Waals surface area contributed by atoms with E-state index in [0.717, 1.165) is 30.0 Å². The van der Waals surface area contributed by atoms with Gasteiger partial charge in [0.1, 0.15) is 15.5 Å². The molecule has 0 saturated heterocycles. The average Bonchev–Trinajstić information content (AvgIpc) is 3.29. The molecule has 1 aliphatic rings. The first-order valence-electron chi connectivity index (χ1n) is 9.61. The van der Waals surface area contributed by atoms with Gasteiger partial charge in [-0.2, -0.15) is 0 Å². The fourth-order valence-electron chi connectivity index (χ4n) is 3.36. The number of nitrogens with one attached hydrogen (secondary N) is 1. The molecule has 10 heteroatoms. The van der Waals surface area contributed by atoms with Crippen LogP contribution in [0.2, 0.25) is 0 Å². The summed E-state index contributed by atoms with van der Waals surface area (Å²) in [6, 6.07) is 0. The lowest BCUT2D eigenvalue weighted by Crippen LogP contribution is -2.42. The Morgan fingerprint density at radius 2 is 2.07 bits per heavy atom. The van der Waals surface area contributed by atoms with Crippen LogP contribution in [-0.4, -0.2) is 58.5 Å². The maximum atomic E-state index is 12.7. The Morgan fingerprint density at radius 3 is 2.76 bits per heavy atom. The molecule has 2 amide bonds. The Balaban J connectivity index is 1.72. The van der Waals surface area contributed by atoms with Gasteiger partial charge >= 0.3 is 5.97 Å². The summed E-state index contributed by atoms with van der Waals surface area (Å²) in [5.74, 6) is -0.655. The summed E-state index contributed by atoms with van der Waals surface area (Å²) in [5.41, 5.74) is 0.391. The minimum atomic E-state index is -0.669. The number of likely N-dealkylation sites (N-methyl/N-ethyl adjacent to an activating group) is 2. The van der Waals surface area contributed by atoms with Crippen molar-refractivity contribution >= 4 is 39.3 Å². The van der Waals surface area contributed by atoms with Crippen LogP contribution in [0.1, 0.15) is 41.3 Å². The number of rotatable bonds is 7. The minimum absolute atomic E-state index is 0.0884. The van der Waals surface area contributed by atoms with Crippen LogP contribution in [0.3, 0.4) is 0 Å². The van der Waals surface area contributed by atoms with Crippen molar-refractivity contribution in [3.63, 3.8) is 0 Å². The van der Waals surface area contributed by atoms with Gasteiger partial charge in [-0.3, -0.25) is 19.0 Å². The van der Waals surface area contributed by atoms with Gasteiger partial charge in [-0.25, -0.2) is 9.78 Å². The summed E-state index contributed by atoms with van der Waals surface area (Å²) in [5, 5.41) is 3.06. The predicted octanol–water partition coefficient (Wildman–Crippen LogP) is 0.854. The number of carbonyl (C=O) groups excluding carboxylic acids is 3. The summed E-state index contributed by atoms with van der Waals surface area (Å²) in [6.07, 6.45) is 1.63. The van der Waals surface area contributed by atoms with E-state index in [1.54, 1.807) is 25.3 Å². The third-order valence-electron chi connectivity index (χ3n) is 4.87. The number of ether oxygens (including phenoxy) is 1. The lowest BCUT2D eigenvalue weighted by molar-refractivity contribution is -0.138. The van der Waals surface area contributed by atoms with Gasteiger partial charge in [-0.15, -0.1) is 11.3 Å². The minimum Gasteiger partial charge on any atom is -0.451 e. The second kappa shape index (κ2) is 8.73. The molecule has 0 unspecified atom stereocenters. The van der Waals surface area contributed by atoms with Crippen molar-refractivity contribution in [3.8, 4) is 0 Å². The van der Waals surface area contributed by atoms with Crippen molar-refractivity contribution in [2.75, 3.05) is 26.2 Å². The van der Waals surface area contributed by atoms with Gasteiger partial charge in [-0.05, 0) is 32.8 Å². The van der Waals surface area contributed by atoms with Crippen LogP contribution in [-0.2, 0) is 27.3 Å². The topological polar surface area (TPSA) is 111 Å². The first-order chi connectivity index (χ1) is 13.9. The van der Waals surface area contributed by atoms with E-state index in [-0.39, 0.29) is 22.9 Å². The van der Waals surface area contributed by atoms with Gasteiger partial charge in [0, 0.05) is 26.1 Å². The number of aromatic nitrogens is 2. The Labute approximate surface area is 171 Å². The highest BCUT2D eigenvalue weighted by atomic mass is 32.1. The van der Waals surface area contributed by atoms with E-state index < -0.39 is 18.5 Å². The highest BCUT2D eigenvalue weighted by Crippen LogP contribution is 2.29. The number of amides is 2. The van der Waals surface area contributed by atoms with Gasteiger partial charge in [0.15, 0.2) is 6.61 Å². The normalized spacial score (nSPS) is 12.7. The standard InChI is InChI=1S/C19H24N4O5S/c1-4-20-13(24)9-22(5-2)14(25)10-28-19(27)16-11(3)15-17(29-16)21-12-7-6-8-23(12)18(15)26/h4-10H2,1-3H3,(H,20,24). The fourth-order valence-corrected chi connectivity index (χ4v) is 4.44. The molecule has 3 heterocycles. The van der Waals surface area contributed by atoms with Gasteiger partial charge in [0.05, 0.1) is 11.9 Å². The number of esters is 1. The number of hydrogen-bond donors (Lipinski definition) is 1. The molecule has 0 radical (unpaired) electrons. The largest absolute Gasteiger partial charge is 0.451 e. The monoisotopic (exact) mass is 420 g/mol. The molecular weight excluding hydrogens is 396 g/mol. The number of fused-ring (bicyclic) bond motifs is 2. The van der Waals surface area contributed by atoms with Crippen LogP contribution < -0.4 is 10.9 Å². The van der Waals surface area contributed by atoms with Gasteiger partial charge < -0.3 is 15.0 Å². The number of carbonyl (C=O) groups is 3. The molecule has 0 saturated carbocycles. The van der Waals surface area contributed by atoms with E-state index in [0.29, 0.717) is 35.4 Å². The maximum absolute atomic E-state index is 12.7. The second-order valence-corrected chi connectivity index (χ2v) is 7.76. The Morgan fingerprint density at radius 1 is 1.31 bits per heavy atom. The second-order valence-electron chi connectivity index (χ2n) is 6.76. The number of hydrogen-bond acceptors (Lipinski definition) is 7. The first kappa shape index (κ1) is 21.0. The van der Waals surface area contributed by atoms with Crippen LogP contribution >= 0.6 is 11.3 Å². The van der Waals surface area contributed by atoms with E-state index in [1.807, 2.05) is 0 Å². The number of aryl methyl sites for hydroxylation is 2. The highest BCUT2D eigenvalue weighted by molar-refractivity contribution is 7.20. The van der Waals surface area contributed by atoms with Gasteiger partial charge in [0.2, 0.25) is 5.91 Å². The first-order valence-corrected chi connectivity index (χ1v) is 10.4. The molecule has 0 fully saturated rings. The van der Waals surface area contributed by atoms with E-state index in [4.69, 9.17) is 4.74 Å². The van der Waals surface area contributed by atoms with E-state index in [1.165, 1.54) is 4.90 Å². The molecule has 2 aromatic rings. The average molecular weight is 420 g/mol. The molecule has 0 aromatic carbocycles. The Bertz CT molecular complexity index is 1030. The van der Waals surface area contributed by atoms with Crippen molar-refractivity contribution in [2.24, 2.45) is 0 Å². The molecule has 2 aromatic heterocycles. The molecule has 1 aliphatic heterocycles. The van der Waals surface area contributed by atoms with Crippen LogP contribution in [0.5, 0.6) is 0 Å². The van der Waals surface area contributed by atoms with E-state index >= 15 is 0 Å². The van der Waals surface area contributed by atoms with Crippen molar-refractivity contribution in [2.45, 2.75) is 40.2 Å². The van der Waals surface area contributed by atoms with Crippen molar-refractivity contribution in [3.05, 3.63) is 26.6 Å². The molecule has 29 heavy (non-hydrogen) atoms. The summed E-state index contributed by atoms with van der Waals surface area (Å²) in [6.45, 7) is 6.10. The molecule has 156 valence electrons. The quantitative estimate of drug-likeness (QED) is 0.665. The Hall–Kier alpha value is -2.75. The SMILES string of the molecule is CCNC(=O)CN(CC)C(=O)COC(=O)c1sc2nc3n(c(=O)c2c1C)CCC3. The van der Waals surface area contributed by atoms with Crippen molar-refractivity contribution in [1.29, 1.82) is 0 Å². The highest BCUT2D eigenvalue weighted by Gasteiger charge is 2.25. The molecule has 0 aliphatic carbocycles. The molecule has 0 spiro atoms. The molecule has 9 nitrogen and oxygen atoms in total. The zero-order chi connectivity index (χ0) is 21.1.